The van der Waals surface area contributed by atoms with Gasteiger partial charge in [0.15, 0.2) is 0 Å². The molecule has 0 fully saturated rings. The third-order valence-electron chi connectivity index (χ3n) is 5.41. The van der Waals surface area contributed by atoms with Crippen LogP contribution in [0.4, 0.5) is 0 Å². The molecule has 1 aromatic heterocycles. The van der Waals surface area contributed by atoms with Crippen LogP contribution in [0.2, 0.25) is 0 Å². The number of nitrogens with zero attached hydrogens (tertiary/aromatic N) is 2. The Labute approximate surface area is 159 Å². The highest BCUT2D eigenvalue weighted by molar-refractivity contribution is 5.79. The Hall–Kier alpha value is -2.63. The second-order valence-corrected chi connectivity index (χ2v) is 7.26. The van der Waals surface area contributed by atoms with Crippen molar-refractivity contribution in [1.82, 2.24) is 15.3 Å². The van der Waals surface area contributed by atoms with Crippen molar-refractivity contribution in [3.05, 3.63) is 46.5 Å². The quantitative estimate of drug-likeness (QED) is 0.899. The van der Waals surface area contributed by atoms with E-state index in [1.807, 2.05) is 25.1 Å². The molecule has 0 saturated heterocycles. The van der Waals surface area contributed by atoms with Crippen LogP contribution in [0.1, 0.15) is 41.2 Å². The number of rotatable bonds is 4. The largest absolute Gasteiger partial charge is 0.497 e. The molecular weight excluding hydrogens is 342 g/mol. The van der Waals surface area contributed by atoms with Crippen molar-refractivity contribution < 1.29 is 14.3 Å². The van der Waals surface area contributed by atoms with E-state index in [1.165, 1.54) is 18.4 Å². The molecule has 6 nitrogen and oxygen atoms in total. The Balaban J connectivity index is 1.39. The molecule has 0 radical (unpaired) electrons. The van der Waals surface area contributed by atoms with E-state index in [9.17, 15) is 4.79 Å². The Bertz CT molecular complexity index is 866. The summed E-state index contributed by atoms with van der Waals surface area (Å²) in [6.07, 6.45) is 5.13. The average molecular weight is 367 g/mol. The van der Waals surface area contributed by atoms with Gasteiger partial charge in [-0.05, 0) is 56.2 Å². The molecule has 0 saturated carbocycles. The van der Waals surface area contributed by atoms with E-state index in [1.54, 1.807) is 7.11 Å². The summed E-state index contributed by atoms with van der Waals surface area (Å²) >= 11 is 0. The summed E-state index contributed by atoms with van der Waals surface area (Å²) in [5.41, 5.74) is 4.53. The number of hydrogen-bond donors (Lipinski definition) is 1. The number of nitrogens with one attached hydrogen (secondary N) is 1. The first kappa shape index (κ1) is 17.8. The van der Waals surface area contributed by atoms with Crippen molar-refractivity contribution >= 4 is 5.91 Å². The molecular formula is C21H25N3O3. The molecule has 2 aliphatic rings. The molecule has 1 amide bonds. The summed E-state index contributed by atoms with van der Waals surface area (Å²) < 4.78 is 11.0. The van der Waals surface area contributed by atoms with Crippen LogP contribution in [0, 0.1) is 12.8 Å². The maximum Gasteiger partial charge on any atom is 0.227 e. The fraction of sp³-hybridized carbons (Fsp3) is 0.476. The van der Waals surface area contributed by atoms with E-state index in [-0.39, 0.29) is 11.8 Å². The summed E-state index contributed by atoms with van der Waals surface area (Å²) in [6.45, 7) is 2.77. The topological polar surface area (TPSA) is 73.3 Å². The highest BCUT2D eigenvalue weighted by Crippen LogP contribution is 2.31. The number of methoxy groups -OCH3 is 1. The average Bonchev–Trinajstić information content (AvgIpc) is 2.71. The predicted octanol–water partition coefficient (Wildman–Crippen LogP) is 2.54. The van der Waals surface area contributed by atoms with Gasteiger partial charge in [0.2, 0.25) is 5.91 Å². The molecule has 2 heterocycles. The maximum absolute atomic E-state index is 12.6. The first-order valence-electron chi connectivity index (χ1n) is 9.56. The van der Waals surface area contributed by atoms with Gasteiger partial charge in [0.1, 0.15) is 23.9 Å². The second-order valence-electron chi connectivity index (χ2n) is 7.26. The monoisotopic (exact) mass is 367 g/mol. The summed E-state index contributed by atoms with van der Waals surface area (Å²) in [7, 11) is 1.63. The lowest BCUT2D eigenvalue weighted by atomic mass is 9.95. The minimum absolute atomic E-state index is 0.0181. The van der Waals surface area contributed by atoms with Gasteiger partial charge < -0.3 is 14.8 Å². The zero-order valence-electron chi connectivity index (χ0n) is 15.9. The van der Waals surface area contributed by atoms with Crippen LogP contribution in [0.3, 0.4) is 0 Å². The van der Waals surface area contributed by atoms with Crippen LogP contribution in [-0.2, 0) is 30.6 Å². The summed E-state index contributed by atoms with van der Waals surface area (Å²) in [6, 6.07) is 5.73. The second kappa shape index (κ2) is 7.55. The molecule has 1 atom stereocenters. The fourth-order valence-corrected chi connectivity index (χ4v) is 3.88. The zero-order chi connectivity index (χ0) is 18.8. The van der Waals surface area contributed by atoms with E-state index >= 15 is 0 Å². The zero-order valence-corrected chi connectivity index (χ0v) is 15.9. The lowest BCUT2D eigenvalue weighted by Crippen LogP contribution is -2.37. The van der Waals surface area contributed by atoms with Gasteiger partial charge in [0.25, 0.3) is 0 Å². The maximum atomic E-state index is 12.6. The minimum atomic E-state index is -0.204. The highest BCUT2D eigenvalue weighted by Gasteiger charge is 2.26. The molecule has 6 heteroatoms. The molecule has 1 aromatic carbocycles. The van der Waals surface area contributed by atoms with Crippen LogP contribution in [0.25, 0.3) is 0 Å². The third kappa shape index (κ3) is 3.75. The SMILES string of the molecule is COc1ccc2c(c1)OCC(C(=O)NCc1nc(C)c3c(n1)CCCC3)C2. The molecule has 1 N–H and O–H groups in total. The number of amides is 1. The van der Waals surface area contributed by atoms with Gasteiger partial charge in [0.05, 0.1) is 19.6 Å². The van der Waals surface area contributed by atoms with Crippen LogP contribution < -0.4 is 14.8 Å². The number of carbonyl (C=O) groups is 1. The molecule has 1 aliphatic carbocycles. The van der Waals surface area contributed by atoms with Gasteiger partial charge in [-0.1, -0.05) is 6.07 Å². The molecule has 27 heavy (non-hydrogen) atoms. The van der Waals surface area contributed by atoms with Crippen LogP contribution in [-0.4, -0.2) is 29.6 Å². The molecule has 4 rings (SSSR count). The molecule has 1 unspecified atom stereocenters. The van der Waals surface area contributed by atoms with Gasteiger partial charge in [-0.2, -0.15) is 0 Å². The van der Waals surface area contributed by atoms with Crippen molar-refractivity contribution in [2.75, 3.05) is 13.7 Å². The lowest BCUT2D eigenvalue weighted by Gasteiger charge is -2.25. The Morgan fingerprint density at radius 2 is 2.15 bits per heavy atom. The van der Waals surface area contributed by atoms with Crippen LogP contribution in [0.15, 0.2) is 18.2 Å². The van der Waals surface area contributed by atoms with Crippen molar-refractivity contribution in [3.8, 4) is 11.5 Å². The minimum Gasteiger partial charge on any atom is -0.497 e. The summed E-state index contributed by atoms with van der Waals surface area (Å²) in [4.78, 5) is 21.9. The normalized spacial score (nSPS) is 18.1. The van der Waals surface area contributed by atoms with Gasteiger partial charge in [0, 0.05) is 17.5 Å². The van der Waals surface area contributed by atoms with E-state index < -0.39 is 0 Å². The highest BCUT2D eigenvalue weighted by atomic mass is 16.5. The number of benzene rings is 1. The van der Waals surface area contributed by atoms with E-state index in [0.29, 0.717) is 25.4 Å². The number of carbonyl (C=O) groups excluding carboxylic acids is 1. The molecule has 2 aromatic rings. The lowest BCUT2D eigenvalue weighted by molar-refractivity contribution is -0.126. The van der Waals surface area contributed by atoms with E-state index in [4.69, 9.17) is 9.47 Å². The summed E-state index contributed by atoms with van der Waals surface area (Å²) in [5, 5.41) is 2.99. The van der Waals surface area contributed by atoms with Gasteiger partial charge >= 0.3 is 0 Å². The van der Waals surface area contributed by atoms with Gasteiger partial charge in [-0.15, -0.1) is 0 Å². The molecule has 0 spiro atoms. The number of ether oxygens (including phenoxy) is 2. The Morgan fingerprint density at radius 3 is 3.00 bits per heavy atom. The molecule has 142 valence electrons. The summed E-state index contributed by atoms with van der Waals surface area (Å²) in [5.74, 6) is 2.03. The van der Waals surface area contributed by atoms with Crippen molar-refractivity contribution in [2.45, 2.75) is 45.6 Å². The van der Waals surface area contributed by atoms with Gasteiger partial charge in [-0.25, -0.2) is 9.97 Å². The molecule has 1 aliphatic heterocycles. The first-order valence-corrected chi connectivity index (χ1v) is 9.56. The first-order chi connectivity index (χ1) is 13.1. The van der Waals surface area contributed by atoms with Crippen molar-refractivity contribution in [2.24, 2.45) is 5.92 Å². The standard InChI is InChI=1S/C21H25N3O3/c1-13-17-5-3-4-6-18(17)24-20(23-13)11-22-21(25)15-9-14-7-8-16(26-2)10-19(14)27-12-15/h7-8,10,15H,3-6,9,11-12H2,1-2H3,(H,22,25). The Kier molecular flexibility index (Phi) is 4.97. The number of aryl methyl sites for hydroxylation is 2. The third-order valence-corrected chi connectivity index (χ3v) is 5.41. The number of fused-ring (bicyclic) bond motifs is 2. The van der Waals surface area contributed by atoms with Crippen molar-refractivity contribution in [1.29, 1.82) is 0 Å². The fourth-order valence-electron chi connectivity index (χ4n) is 3.88. The van der Waals surface area contributed by atoms with Crippen molar-refractivity contribution in [3.63, 3.8) is 0 Å². The Morgan fingerprint density at radius 1 is 1.30 bits per heavy atom. The van der Waals surface area contributed by atoms with E-state index in [0.717, 1.165) is 41.3 Å². The van der Waals surface area contributed by atoms with E-state index in [2.05, 4.69) is 15.3 Å². The number of hydrogen-bond acceptors (Lipinski definition) is 5. The van der Waals surface area contributed by atoms with Gasteiger partial charge in [-0.3, -0.25) is 4.79 Å². The molecule has 0 bridgehead atoms. The van der Waals surface area contributed by atoms with Crippen LogP contribution in [0.5, 0.6) is 11.5 Å². The number of aromatic nitrogens is 2. The predicted molar refractivity (Wildman–Crippen MR) is 101 cm³/mol. The van der Waals surface area contributed by atoms with Crippen LogP contribution >= 0.6 is 0 Å². The smallest absolute Gasteiger partial charge is 0.227 e.